The number of piperidine rings is 1. The molecule has 1 saturated heterocycles. The molecule has 7 heteroatoms. The molecule has 0 aromatic heterocycles. The van der Waals surface area contributed by atoms with Crippen molar-refractivity contribution in [1.82, 2.24) is 14.5 Å². The van der Waals surface area contributed by atoms with Crippen LogP contribution >= 0.6 is 0 Å². The Kier molecular flexibility index (Phi) is 8.09. The summed E-state index contributed by atoms with van der Waals surface area (Å²) >= 11 is 0. The number of fused-ring (bicyclic) bond motifs is 1. The molecule has 1 atom stereocenters. The van der Waals surface area contributed by atoms with E-state index < -0.39 is 16.1 Å². The first-order valence-corrected chi connectivity index (χ1v) is 14.1. The minimum absolute atomic E-state index is 0.0566. The Morgan fingerprint density at radius 1 is 1.03 bits per heavy atom. The SMILES string of the molecule is C=C1CCN([C@@H](CC(C)C)C(=O)NC2CCN(Cc3ccccc3)CC2)S(=O)(=O)c2ccccc21. The van der Waals surface area contributed by atoms with Gasteiger partial charge in [0.2, 0.25) is 15.9 Å². The second-order valence-corrected chi connectivity index (χ2v) is 12.0. The van der Waals surface area contributed by atoms with Gasteiger partial charge in [0, 0.05) is 32.2 Å². The van der Waals surface area contributed by atoms with E-state index in [0.29, 0.717) is 18.4 Å². The molecule has 0 saturated carbocycles. The van der Waals surface area contributed by atoms with Crippen molar-refractivity contribution in [2.24, 2.45) is 5.92 Å². The average molecular weight is 496 g/mol. The van der Waals surface area contributed by atoms with Crippen LogP contribution in [0.2, 0.25) is 0 Å². The molecule has 1 fully saturated rings. The summed E-state index contributed by atoms with van der Waals surface area (Å²) in [4.78, 5) is 16.2. The quantitative estimate of drug-likeness (QED) is 0.622. The van der Waals surface area contributed by atoms with Crippen LogP contribution in [0.15, 0.2) is 66.1 Å². The number of carbonyl (C=O) groups is 1. The summed E-state index contributed by atoms with van der Waals surface area (Å²) < 4.78 is 28.8. The summed E-state index contributed by atoms with van der Waals surface area (Å²) in [6.07, 6.45) is 2.71. The number of hydrogen-bond donors (Lipinski definition) is 1. The van der Waals surface area contributed by atoms with Crippen molar-refractivity contribution < 1.29 is 13.2 Å². The van der Waals surface area contributed by atoms with Crippen LogP contribution in [0.1, 0.15) is 50.7 Å². The number of carbonyl (C=O) groups excluding carboxylic acids is 1. The third kappa shape index (κ3) is 6.02. The van der Waals surface area contributed by atoms with Crippen molar-refractivity contribution >= 4 is 21.5 Å². The number of amides is 1. The summed E-state index contributed by atoms with van der Waals surface area (Å²) in [5.74, 6) is -0.0101. The Balaban J connectivity index is 1.46. The van der Waals surface area contributed by atoms with Gasteiger partial charge < -0.3 is 5.32 Å². The van der Waals surface area contributed by atoms with E-state index in [9.17, 15) is 13.2 Å². The van der Waals surface area contributed by atoms with Crippen LogP contribution < -0.4 is 5.32 Å². The van der Waals surface area contributed by atoms with Crippen molar-refractivity contribution in [2.45, 2.75) is 63.1 Å². The molecule has 2 aliphatic rings. The molecule has 6 nitrogen and oxygen atoms in total. The Morgan fingerprint density at radius 3 is 2.37 bits per heavy atom. The molecule has 0 aliphatic carbocycles. The summed E-state index contributed by atoms with van der Waals surface area (Å²) in [6.45, 7) is 11.2. The van der Waals surface area contributed by atoms with Gasteiger partial charge in [-0.05, 0) is 54.4 Å². The first-order chi connectivity index (χ1) is 16.8. The molecule has 0 spiro atoms. The number of nitrogens with zero attached hydrogens (tertiary/aromatic N) is 2. The third-order valence-electron chi connectivity index (χ3n) is 7.02. The van der Waals surface area contributed by atoms with Crippen molar-refractivity contribution in [1.29, 1.82) is 0 Å². The maximum Gasteiger partial charge on any atom is 0.244 e. The number of likely N-dealkylation sites (tertiary alicyclic amines) is 1. The molecule has 0 radical (unpaired) electrons. The van der Waals surface area contributed by atoms with Gasteiger partial charge in [0.05, 0.1) is 4.90 Å². The highest BCUT2D eigenvalue weighted by atomic mass is 32.2. The lowest BCUT2D eigenvalue weighted by molar-refractivity contribution is -0.126. The minimum Gasteiger partial charge on any atom is -0.352 e. The topological polar surface area (TPSA) is 69.7 Å². The second kappa shape index (κ2) is 11.1. The molecule has 2 aromatic rings. The number of benzene rings is 2. The second-order valence-electron chi connectivity index (χ2n) is 10.2. The van der Waals surface area contributed by atoms with E-state index in [0.717, 1.165) is 38.0 Å². The third-order valence-corrected chi connectivity index (χ3v) is 8.98. The maximum absolute atomic E-state index is 13.7. The smallest absolute Gasteiger partial charge is 0.244 e. The summed E-state index contributed by atoms with van der Waals surface area (Å²) in [5.41, 5.74) is 2.74. The molecule has 4 rings (SSSR count). The van der Waals surface area contributed by atoms with Gasteiger partial charge in [-0.15, -0.1) is 0 Å². The largest absolute Gasteiger partial charge is 0.352 e. The van der Waals surface area contributed by atoms with Crippen LogP contribution in [-0.2, 0) is 21.4 Å². The Labute approximate surface area is 210 Å². The van der Waals surface area contributed by atoms with Crippen LogP contribution in [0.5, 0.6) is 0 Å². The number of hydrogen-bond acceptors (Lipinski definition) is 4. The zero-order valence-corrected chi connectivity index (χ0v) is 21.6. The van der Waals surface area contributed by atoms with Gasteiger partial charge >= 0.3 is 0 Å². The van der Waals surface area contributed by atoms with Gasteiger partial charge in [-0.2, -0.15) is 4.31 Å². The van der Waals surface area contributed by atoms with E-state index in [-0.39, 0.29) is 29.3 Å². The fourth-order valence-electron chi connectivity index (χ4n) is 5.11. The van der Waals surface area contributed by atoms with E-state index >= 15 is 0 Å². The first kappa shape index (κ1) is 25.6. The maximum atomic E-state index is 13.7. The minimum atomic E-state index is -3.82. The molecule has 35 heavy (non-hydrogen) atoms. The van der Waals surface area contributed by atoms with Crippen LogP contribution in [0.4, 0.5) is 0 Å². The molecule has 1 amide bonds. The normalized spacial score (nSPS) is 20.3. The van der Waals surface area contributed by atoms with Gasteiger partial charge in [-0.25, -0.2) is 8.42 Å². The molecule has 188 valence electrons. The number of rotatable bonds is 7. The van der Waals surface area contributed by atoms with Crippen molar-refractivity contribution in [3.05, 3.63) is 72.3 Å². The monoisotopic (exact) mass is 495 g/mol. The van der Waals surface area contributed by atoms with E-state index in [2.05, 4.69) is 41.1 Å². The van der Waals surface area contributed by atoms with Crippen LogP contribution in [0.3, 0.4) is 0 Å². The van der Waals surface area contributed by atoms with Gasteiger partial charge in [0.1, 0.15) is 6.04 Å². The highest BCUT2D eigenvalue weighted by Gasteiger charge is 2.39. The molecular weight excluding hydrogens is 458 g/mol. The van der Waals surface area contributed by atoms with E-state index in [1.165, 1.54) is 9.87 Å². The van der Waals surface area contributed by atoms with Gasteiger partial charge in [-0.1, -0.05) is 69.0 Å². The van der Waals surface area contributed by atoms with Crippen LogP contribution in [0, 0.1) is 5.92 Å². The van der Waals surface area contributed by atoms with Crippen LogP contribution in [0.25, 0.3) is 5.57 Å². The summed E-state index contributed by atoms with van der Waals surface area (Å²) in [6, 6.07) is 16.7. The van der Waals surface area contributed by atoms with E-state index in [1.807, 2.05) is 26.0 Å². The fraction of sp³-hybridized carbons (Fsp3) is 0.464. The summed E-state index contributed by atoms with van der Waals surface area (Å²) in [7, 11) is -3.82. The molecule has 2 aliphatic heterocycles. The highest BCUT2D eigenvalue weighted by Crippen LogP contribution is 2.33. The van der Waals surface area contributed by atoms with Crippen molar-refractivity contribution in [2.75, 3.05) is 19.6 Å². The molecule has 1 N–H and O–H groups in total. The molecule has 0 unspecified atom stereocenters. The average Bonchev–Trinajstić information content (AvgIpc) is 2.94. The van der Waals surface area contributed by atoms with Crippen molar-refractivity contribution in [3.63, 3.8) is 0 Å². The zero-order valence-electron chi connectivity index (χ0n) is 20.8. The molecule has 2 aromatic carbocycles. The standard InChI is InChI=1S/C28H37N3O3S/c1-21(2)19-26(31-18-13-22(3)25-11-7-8-12-27(25)35(31,33)34)28(32)29-24-14-16-30(17-15-24)20-23-9-5-4-6-10-23/h4-12,21,24,26H,3,13-20H2,1-2H3,(H,29,32)/t26-/m0/s1. The Hall–Kier alpha value is -2.48. The summed E-state index contributed by atoms with van der Waals surface area (Å²) in [5, 5.41) is 3.21. The fourth-order valence-corrected chi connectivity index (χ4v) is 6.95. The van der Waals surface area contributed by atoms with Crippen LogP contribution in [-0.4, -0.2) is 55.2 Å². The predicted molar refractivity (Wildman–Crippen MR) is 140 cm³/mol. The molecule has 0 bridgehead atoms. The van der Waals surface area contributed by atoms with E-state index in [4.69, 9.17) is 0 Å². The van der Waals surface area contributed by atoms with Crippen molar-refractivity contribution in [3.8, 4) is 0 Å². The van der Waals surface area contributed by atoms with Gasteiger partial charge in [0.15, 0.2) is 0 Å². The van der Waals surface area contributed by atoms with Gasteiger partial charge in [-0.3, -0.25) is 9.69 Å². The number of sulfonamides is 1. The zero-order chi connectivity index (χ0) is 25.0. The Morgan fingerprint density at radius 2 is 1.69 bits per heavy atom. The highest BCUT2D eigenvalue weighted by molar-refractivity contribution is 7.89. The predicted octanol–water partition coefficient (Wildman–Crippen LogP) is 4.29. The molecular formula is C28H37N3O3S. The lowest BCUT2D eigenvalue weighted by Crippen LogP contribution is -2.54. The van der Waals surface area contributed by atoms with E-state index in [1.54, 1.807) is 18.2 Å². The van der Waals surface area contributed by atoms with Gasteiger partial charge in [0.25, 0.3) is 0 Å². The lowest BCUT2D eigenvalue weighted by Gasteiger charge is -2.35. The first-order valence-electron chi connectivity index (χ1n) is 12.6. The lowest BCUT2D eigenvalue weighted by atomic mass is 10.00. The Bertz CT molecular complexity index is 1140. The number of nitrogens with one attached hydrogen (secondary N) is 1. The molecule has 2 heterocycles.